The lowest BCUT2D eigenvalue weighted by Gasteiger charge is -2.15. The van der Waals surface area contributed by atoms with Crippen LogP contribution in [0.25, 0.3) is 0 Å². The van der Waals surface area contributed by atoms with Gasteiger partial charge in [0.05, 0.1) is 15.8 Å². The summed E-state index contributed by atoms with van der Waals surface area (Å²) >= 11 is 0. The fraction of sp³-hybridized carbons (Fsp3) is 0.0270. The van der Waals surface area contributed by atoms with E-state index in [2.05, 4.69) is 117 Å². The zero-order chi connectivity index (χ0) is 28.0. The van der Waals surface area contributed by atoms with Gasteiger partial charge in [0.1, 0.15) is 0 Å². The molecule has 0 saturated carbocycles. The van der Waals surface area contributed by atoms with E-state index in [0.29, 0.717) is 6.42 Å². The third-order valence-corrected chi connectivity index (χ3v) is 7.48. The monoisotopic (exact) mass is 520 g/mol. The van der Waals surface area contributed by atoms with Crippen molar-refractivity contribution in [1.82, 2.24) is 0 Å². The highest BCUT2D eigenvalue weighted by molar-refractivity contribution is 7.75. The van der Waals surface area contributed by atoms with Crippen molar-refractivity contribution in [3.05, 3.63) is 59.7 Å². The van der Waals surface area contributed by atoms with Crippen LogP contribution in [0.3, 0.4) is 0 Å². The van der Waals surface area contributed by atoms with E-state index in [-0.39, 0.29) is 0 Å². The van der Waals surface area contributed by atoms with Gasteiger partial charge in [-0.3, -0.25) is 0 Å². The Morgan fingerprint density at radius 3 is 1.03 bits per heavy atom. The molecule has 0 unspecified atom stereocenters. The molecule has 0 N–H and O–H groups in total. The van der Waals surface area contributed by atoms with Crippen LogP contribution in [0.15, 0.2) is 48.5 Å². The SMILES string of the molecule is C#CC#CC#CP(C#CC#CC#C)c1ccccc1Cc1ccccc1P(C#CC#CC#C)C#CC#CC#C. The lowest BCUT2D eigenvalue weighted by atomic mass is 10.1. The highest BCUT2D eigenvalue weighted by Gasteiger charge is 2.15. The van der Waals surface area contributed by atoms with Crippen molar-refractivity contribution in [2.75, 3.05) is 0 Å². The Hall–Kier alpha value is -5.98. The fourth-order valence-corrected chi connectivity index (χ4v) is 5.48. The number of terminal acetylenes is 4. The first kappa shape index (κ1) is 29.3. The Kier molecular flexibility index (Phi) is 13.7. The number of hydrogen-bond donors (Lipinski definition) is 0. The molecule has 39 heavy (non-hydrogen) atoms. The molecule has 172 valence electrons. The summed E-state index contributed by atoms with van der Waals surface area (Å²) < 4.78 is 0. The number of hydrogen-bond acceptors (Lipinski definition) is 0. The maximum Gasteiger partial charge on any atom is 0.0835 e. The molecule has 0 bridgehead atoms. The second-order valence-electron chi connectivity index (χ2n) is 6.63. The average Bonchev–Trinajstić information content (AvgIpc) is 2.96. The summed E-state index contributed by atoms with van der Waals surface area (Å²) in [5.74, 6) is 40.8. The Morgan fingerprint density at radius 1 is 0.410 bits per heavy atom. The predicted molar refractivity (Wildman–Crippen MR) is 166 cm³/mol. The third-order valence-electron chi connectivity index (χ3n) is 4.31. The van der Waals surface area contributed by atoms with E-state index >= 15 is 0 Å². The molecule has 0 aliphatic carbocycles. The molecule has 2 heteroatoms. The van der Waals surface area contributed by atoms with Gasteiger partial charge in [0, 0.05) is 10.6 Å². The van der Waals surface area contributed by atoms with E-state index in [1.54, 1.807) is 0 Å². The Morgan fingerprint density at radius 2 is 0.718 bits per heavy atom. The van der Waals surface area contributed by atoms with E-state index in [1.807, 2.05) is 48.5 Å². The summed E-state index contributed by atoms with van der Waals surface area (Å²) in [7, 11) is -2.49. The Labute approximate surface area is 235 Å². The summed E-state index contributed by atoms with van der Waals surface area (Å²) in [6, 6.07) is 15.9. The van der Waals surface area contributed by atoms with Gasteiger partial charge >= 0.3 is 0 Å². The van der Waals surface area contributed by atoms with Crippen molar-refractivity contribution in [3.8, 4) is 143 Å². The summed E-state index contributed by atoms with van der Waals surface area (Å²) in [5, 5.41) is 1.96. The maximum atomic E-state index is 5.21. The lowest BCUT2D eigenvalue weighted by molar-refractivity contribution is 1.22. The summed E-state index contributed by atoms with van der Waals surface area (Å²) in [6.07, 6.45) is 21.4. The van der Waals surface area contributed by atoms with E-state index in [9.17, 15) is 0 Å². The standard InChI is InChI=1S/C37H14P2/c1-5-9-13-21-29-38(30-22-14-10-6-2)36-27-19-17-25-34(36)33-35-26-18-20-28-37(35)39(31-23-15-11-7-3)32-24-16-12-8-4/h1-4,17-20,25-28H,33H2. The van der Waals surface area contributed by atoms with Gasteiger partial charge in [0.2, 0.25) is 0 Å². The Bertz CT molecular complexity index is 1690. The zero-order valence-electron chi connectivity index (χ0n) is 20.5. The molecular weight excluding hydrogens is 506 g/mol. The second-order valence-corrected chi connectivity index (χ2v) is 9.83. The molecule has 0 aromatic heterocycles. The maximum absolute atomic E-state index is 5.21. The lowest BCUT2D eigenvalue weighted by Crippen LogP contribution is -2.13. The molecule has 2 aromatic carbocycles. The molecule has 0 nitrogen and oxygen atoms in total. The minimum atomic E-state index is -1.25. The molecule has 2 aromatic rings. The summed E-state index contributed by atoms with van der Waals surface area (Å²) in [6.45, 7) is 0. The first-order valence-electron chi connectivity index (χ1n) is 10.9. The van der Waals surface area contributed by atoms with E-state index in [0.717, 1.165) is 21.7 Å². The average molecular weight is 520 g/mol. The molecule has 0 atom stereocenters. The summed E-state index contributed by atoms with van der Waals surface area (Å²) in [5.41, 5.74) is 14.7. The van der Waals surface area contributed by atoms with Crippen LogP contribution in [0.5, 0.6) is 0 Å². The second kappa shape index (κ2) is 18.3. The first-order chi connectivity index (χ1) is 19.2. The van der Waals surface area contributed by atoms with Crippen LogP contribution in [0, 0.1) is 143 Å². The topological polar surface area (TPSA) is 0 Å². The molecule has 0 aliphatic rings. The van der Waals surface area contributed by atoms with Gasteiger partial charge in [0.25, 0.3) is 0 Å². The van der Waals surface area contributed by atoms with Gasteiger partial charge in [-0.15, -0.1) is 25.7 Å². The fourth-order valence-electron chi connectivity index (χ4n) is 2.86. The molecule has 0 amide bonds. The van der Waals surface area contributed by atoms with Crippen LogP contribution in [-0.4, -0.2) is 0 Å². The quantitative estimate of drug-likeness (QED) is 0.424. The molecule has 0 heterocycles. The van der Waals surface area contributed by atoms with Crippen LogP contribution >= 0.6 is 15.8 Å². The van der Waals surface area contributed by atoms with E-state index in [1.165, 1.54) is 0 Å². The van der Waals surface area contributed by atoms with Gasteiger partial charge in [-0.2, -0.15) is 0 Å². The van der Waals surface area contributed by atoms with Gasteiger partial charge in [0.15, 0.2) is 0 Å². The predicted octanol–water partition coefficient (Wildman–Crippen LogP) is 3.88. The van der Waals surface area contributed by atoms with Crippen LogP contribution in [0.2, 0.25) is 0 Å². The number of benzene rings is 2. The molecule has 0 saturated heterocycles. The van der Waals surface area contributed by atoms with Crippen LogP contribution in [0.1, 0.15) is 11.1 Å². The minimum absolute atomic E-state index is 0.592. The van der Waals surface area contributed by atoms with Crippen LogP contribution in [-0.2, 0) is 6.42 Å². The third kappa shape index (κ3) is 10.7. The first-order valence-corrected chi connectivity index (χ1v) is 13.5. The van der Waals surface area contributed by atoms with Gasteiger partial charge in [-0.1, -0.05) is 48.5 Å². The van der Waals surface area contributed by atoms with Crippen molar-refractivity contribution in [2.24, 2.45) is 0 Å². The molecule has 0 radical (unpaired) electrons. The highest BCUT2D eigenvalue weighted by atomic mass is 31.1. The minimum Gasteiger partial charge on any atom is -0.106 e. The van der Waals surface area contributed by atoms with Crippen molar-refractivity contribution >= 4 is 26.5 Å². The van der Waals surface area contributed by atoms with Crippen molar-refractivity contribution < 1.29 is 0 Å². The van der Waals surface area contributed by atoms with Crippen molar-refractivity contribution in [1.29, 1.82) is 0 Å². The zero-order valence-corrected chi connectivity index (χ0v) is 22.3. The highest BCUT2D eigenvalue weighted by Crippen LogP contribution is 2.35. The summed E-state index contributed by atoms with van der Waals surface area (Å²) in [4.78, 5) is 0. The van der Waals surface area contributed by atoms with Crippen LogP contribution in [0.4, 0.5) is 0 Å². The smallest absolute Gasteiger partial charge is 0.0835 e. The molecule has 2 rings (SSSR count). The van der Waals surface area contributed by atoms with Gasteiger partial charge in [-0.25, -0.2) is 0 Å². The molecular formula is C37H14P2. The van der Waals surface area contributed by atoms with E-state index in [4.69, 9.17) is 25.7 Å². The van der Waals surface area contributed by atoms with E-state index < -0.39 is 15.8 Å². The molecule has 0 spiro atoms. The molecule has 0 aliphatic heterocycles. The largest absolute Gasteiger partial charge is 0.106 e. The Balaban J connectivity index is 2.63. The van der Waals surface area contributed by atoms with Crippen LogP contribution < -0.4 is 10.6 Å². The van der Waals surface area contributed by atoms with Crippen molar-refractivity contribution in [2.45, 2.75) is 6.42 Å². The van der Waals surface area contributed by atoms with Gasteiger partial charge in [-0.05, 0) is 135 Å². The molecule has 0 fully saturated rings. The van der Waals surface area contributed by atoms with Gasteiger partial charge < -0.3 is 0 Å². The van der Waals surface area contributed by atoms with Crippen molar-refractivity contribution in [3.63, 3.8) is 0 Å². The number of rotatable bonds is 4. The normalized spacial score (nSPS) is 7.33.